The first-order valence-corrected chi connectivity index (χ1v) is 39.8. The molecule has 5 heteroatoms. The summed E-state index contributed by atoms with van der Waals surface area (Å²) in [6, 6.07) is 80.8. The molecule has 3 saturated carbocycles. The van der Waals surface area contributed by atoms with Gasteiger partial charge in [-0.05, 0) is 204 Å². The Hall–Kier alpha value is -8.54. The quantitative estimate of drug-likeness (QED) is 0.141. The van der Waals surface area contributed by atoms with Crippen molar-refractivity contribution in [2.45, 2.75) is 220 Å². The van der Waals surface area contributed by atoms with Crippen LogP contribution in [0.1, 0.15) is 215 Å². The number of fused-ring (bicyclic) bond motifs is 10. The third-order valence-corrected chi connectivity index (χ3v) is 25.6. The monoisotopic (exact) mass is 1350 g/mol. The summed E-state index contributed by atoms with van der Waals surface area (Å²) in [5.74, 6) is 2.55. The lowest BCUT2D eigenvalue weighted by Gasteiger charge is -2.55. The maximum absolute atomic E-state index is 3.15. The van der Waals surface area contributed by atoms with Gasteiger partial charge in [0.05, 0.1) is 27.8 Å². The first-order valence-electron chi connectivity index (χ1n) is 39.8. The van der Waals surface area contributed by atoms with Crippen LogP contribution in [0.2, 0.25) is 0 Å². The van der Waals surface area contributed by atoms with Crippen LogP contribution in [-0.2, 0) is 27.1 Å². The summed E-state index contributed by atoms with van der Waals surface area (Å²) in [6.07, 6.45) is 17.5. The molecular formula is C98H109BN4. The highest BCUT2D eigenvalue weighted by Crippen LogP contribution is 2.56. The molecule has 4 heterocycles. The van der Waals surface area contributed by atoms with E-state index in [2.05, 4.69) is 323 Å². The van der Waals surface area contributed by atoms with Crippen LogP contribution in [0.3, 0.4) is 0 Å². The van der Waals surface area contributed by atoms with Crippen LogP contribution >= 0.6 is 0 Å². The second-order valence-corrected chi connectivity index (χ2v) is 37.4. The van der Waals surface area contributed by atoms with Gasteiger partial charge < -0.3 is 18.9 Å². The van der Waals surface area contributed by atoms with Gasteiger partial charge in [-0.15, -0.1) is 0 Å². The SMILES string of the molecule is CC(C)(C)c1cc2c3c(c1)N(C1C(C4CCCCC4)CCCC1C1CCCCC1)c1cc(-n4c5ccc(C(C)(C)C)cc5c5cc(C(C)(C)C)ccc54)ccc1B3c1ccc(-n3c4ccc(C(C)(C)C)cc4c4cc(C(C)(C)C)ccc43)cc1N2c1c(-c2ccccc2)cccc1-c1ccccc1. The number of nitrogens with zero attached hydrogens (tertiary/aromatic N) is 4. The first-order chi connectivity index (χ1) is 49.3. The standard InChI is InChI=1S/C98H109BN4/c1-94(2,3)66-42-50-83-77(54-66)78-55-67(95(4,5)6)43-51-84(78)100(83)71-46-48-81-87(60-71)102(92-73(62-30-20-16-21-31-62)38-28-39-74(92)63-32-22-17-23-33-63)89-58-70(98(13,14)15)59-90-91(89)99(81)82-49-47-72(101-85-52-44-68(96(7,8)9)56-79(85)80-57-69(97(10,11)12)45-53-86(80)101)61-88(82)103(90)93-75(64-34-24-18-25-35-64)40-29-41-76(93)65-36-26-19-27-37-65/h16-17,20-23,28,30-33,38-39,42-61,64-65,75-76,93H,18-19,24-27,29,34-37,40-41H2,1-15H3. The van der Waals surface area contributed by atoms with Crippen molar-refractivity contribution in [1.29, 1.82) is 0 Å². The first kappa shape index (κ1) is 67.6. The topological polar surface area (TPSA) is 16.3 Å². The second kappa shape index (κ2) is 25.1. The van der Waals surface area contributed by atoms with Crippen LogP contribution < -0.4 is 26.2 Å². The Morgan fingerprint density at radius 3 is 1.09 bits per heavy atom. The largest absolute Gasteiger partial charge is 0.339 e. The van der Waals surface area contributed by atoms with E-state index in [0.717, 1.165) is 0 Å². The summed E-state index contributed by atoms with van der Waals surface area (Å²) in [7, 11) is 0. The highest BCUT2D eigenvalue weighted by molar-refractivity contribution is 7.00. The summed E-state index contributed by atoms with van der Waals surface area (Å²) in [4.78, 5) is 5.97. The molecule has 0 spiro atoms. The lowest BCUT2D eigenvalue weighted by atomic mass is 9.33. The van der Waals surface area contributed by atoms with Crippen molar-refractivity contribution in [3.8, 4) is 33.6 Å². The van der Waals surface area contributed by atoms with Crippen molar-refractivity contribution in [3.05, 3.63) is 228 Å². The zero-order chi connectivity index (χ0) is 71.4. The molecule has 0 bridgehead atoms. The van der Waals surface area contributed by atoms with Crippen molar-refractivity contribution in [3.63, 3.8) is 0 Å². The molecule has 2 aliphatic heterocycles. The Morgan fingerprint density at radius 2 is 0.689 bits per heavy atom. The predicted octanol–water partition coefficient (Wildman–Crippen LogP) is 25.4. The van der Waals surface area contributed by atoms with E-state index >= 15 is 0 Å². The molecule has 10 aromatic carbocycles. The Kier molecular flexibility index (Phi) is 16.5. The number of hydrogen-bond acceptors (Lipinski definition) is 2. The Bertz CT molecular complexity index is 5040. The molecule has 4 nitrogen and oxygen atoms in total. The molecule has 17 rings (SSSR count). The van der Waals surface area contributed by atoms with Crippen molar-refractivity contribution in [2.24, 2.45) is 23.7 Å². The molecular weight excluding hydrogens is 1240 g/mol. The highest BCUT2D eigenvalue weighted by Gasteiger charge is 2.51. The molecule has 0 saturated heterocycles. The minimum Gasteiger partial charge on any atom is -0.339 e. The van der Waals surface area contributed by atoms with Crippen LogP contribution in [0, 0.1) is 23.7 Å². The molecule has 0 radical (unpaired) electrons. The summed E-state index contributed by atoms with van der Waals surface area (Å²) < 4.78 is 5.28. The van der Waals surface area contributed by atoms with Gasteiger partial charge in [0.15, 0.2) is 0 Å². The third kappa shape index (κ3) is 11.6. The minimum absolute atomic E-state index is 0.00635. The van der Waals surface area contributed by atoms with Crippen molar-refractivity contribution in [1.82, 2.24) is 9.13 Å². The molecule has 2 aromatic heterocycles. The Labute approximate surface area is 616 Å². The lowest BCUT2D eigenvalue weighted by Crippen LogP contribution is -2.64. The molecule has 12 aromatic rings. The van der Waals surface area contributed by atoms with Gasteiger partial charge in [-0.2, -0.15) is 0 Å². The molecule has 103 heavy (non-hydrogen) atoms. The molecule has 3 fully saturated rings. The predicted molar refractivity (Wildman–Crippen MR) is 445 cm³/mol. The van der Waals surface area contributed by atoms with E-state index in [0.29, 0.717) is 29.7 Å². The van der Waals surface area contributed by atoms with Crippen LogP contribution in [0.25, 0.3) is 77.2 Å². The third-order valence-electron chi connectivity index (χ3n) is 25.6. The molecule has 524 valence electrons. The molecule has 2 unspecified atom stereocenters. The fourth-order valence-electron chi connectivity index (χ4n) is 20.0. The van der Waals surface area contributed by atoms with Crippen molar-refractivity contribution >= 4 is 95.1 Å². The number of rotatable bonds is 8. The zero-order valence-corrected chi connectivity index (χ0v) is 64.5. The molecule has 2 atom stereocenters. The van der Waals surface area contributed by atoms with Crippen molar-refractivity contribution in [2.75, 3.05) is 9.80 Å². The smallest absolute Gasteiger partial charge is 0.252 e. The highest BCUT2D eigenvalue weighted by atomic mass is 15.2. The van der Waals surface area contributed by atoms with Crippen LogP contribution in [-0.4, -0.2) is 21.9 Å². The maximum Gasteiger partial charge on any atom is 0.252 e. The second-order valence-electron chi connectivity index (χ2n) is 37.4. The summed E-state index contributed by atoms with van der Waals surface area (Å²) in [5, 5.41) is 5.29. The molecule has 3 aliphatic carbocycles. The Morgan fingerprint density at radius 1 is 0.311 bits per heavy atom. The van der Waals surface area contributed by atoms with E-state index < -0.39 is 0 Å². The average molecular weight is 1350 g/mol. The summed E-state index contributed by atoms with van der Waals surface area (Å²) >= 11 is 0. The fourth-order valence-corrected chi connectivity index (χ4v) is 20.0. The minimum atomic E-state index is -0.205. The number of anilines is 5. The average Bonchev–Trinajstić information content (AvgIpc) is 1.07. The molecule has 5 aliphatic rings. The van der Waals surface area contributed by atoms with E-state index in [1.54, 1.807) is 0 Å². The number of benzene rings is 10. The fraction of sp³-hybridized carbons (Fsp3) is 0.388. The van der Waals surface area contributed by atoms with Gasteiger partial charge in [-0.1, -0.05) is 290 Å². The molecule has 0 N–H and O–H groups in total. The van der Waals surface area contributed by atoms with E-state index in [9.17, 15) is 0 Å². The number of aromatic nitrogens is 2. The van der Waals surface area contributed by atoms with Gasteiger partial charge in [0, 0.05) is 72.8 Å². The van der Waals surface area contributed by atoms with E-state index in [4.69, 9.17) is 0 Å². The zero-order valence-electron chi connectivity index (χ0n) is 64.5. The normalized spacial score (nSPS) is 18.7. The van der Waals surface area contributed by atoms with Crippen LogP contribution in [0.15, 0.2) is 200 Å². The summed E-state index contributed by atoms with van der Waals surface area (Å²) in [5.41, 5.74) is 29.7. The van der Waals surface area contributed by atoms with Gasteiger partial charge in [-0.3, -0.25) is 0 Å². The molecule has 0 amide bonds. The van der Waals surface area contributed by atoms with Crippen LogP contribution in [0.5, 0.6) is 0 Å². The number of hydrogen-bond donors (Lipinski definition) is 0. The van der Waals surface area contributed by atoms with Gasteiger partial charge >= 0.3 is 0 Å². The maximum atomic E-state index is 3.15. The van der Waals surface area contributed by atoms with E-state index in [1.165, 1.54) is 233 Å². The number of para-hydroxylation sites is 1. The Balaban J connectivity index is 1.01. The summed E-state index contributed by atoms with van der Waals surface area (Å²) in [6.45, 7) is 35.7. The van der Waals surface area contributed by atoms with Gasteiger partial charge in [-0.25, -0.2) is 0 Å². The lowest BCUT2D eigenvalue weighted by molar-refractivity contribution is 0.0839. The van der Waals surface area contributed by atoms with Gasteiger partial charge in [0.2, 0.25) is 0 Å². The van der Waals surface area contributed by atoms with Gasteiger partial charge in [0.25, 0.3) is 6.71 Å². The van der Waals surface area contributed by atoms with Crippen molar-refractivity contribution < 1.29 is 0 Å². The van der Waals surface area contributed by atoms with Gasteiger partial charge in [0.1, 0.15) is 0 Å². The van der Waals surface area contributed by atoms with E-state index in [-0.39, 0.29) is 33.8 Å². The van der Waals surface area contributed by atoms with E-state index in [1.807, 2.05) is 0 Å². The van der Waals surface area contributed by atoms with Crippen LogP contribution in [0.4, 0.5) is 28.4 Å².